The maximum absolute atomic E-state index is 12.4. The van der Waals surface area contributed by atoms with Gasteiger partial charge in [0.2, 0.25) is 0 Å². The standard InChI is InChI=1S/C15H26O/c1-3-12-7-9-13(10-8-12)15(16)14-6-4-5-11(14)2/h11-14H,3-10H2,1-2H3. The number of ketones is 1. The van der Waals surface area contributed by atoms with Gasteiger partial charge in [-0.05, 0) is 50.4 Å². The number of Topliss-reactive ketones (excluding diaryl/α,β-unsaturated/α-hetero) is 1. The second kappa shape index (κ2) is 5.33. The minimum Gasteiger partial charge on any atom is -0.299 e. The Labute approximate surface area is 100.0 Å². The van der Waals surface area contributed by atoms with Crippen LogP contribution in [-0.2, 0) is 4.79 Å². The molecule has 0 spiro atoms. The first kappa shape index (κ1) is 12.1. The highest BCUT2D eigenvalue weighted by Gasteiger charge is 2.35. The van der Waals surface area contributed by atoms with E-state index in [0.717, 1.165) is 5.92 Å². The van der Waals surface area contributed by atoms with Crippen LogP contribution in [-0.4, -0.2) is 5.78 Å². The average molecular weight is 222 g/mol. The maximum Gasteiger partial charge on any atom is 0.139 e. The van der Waals surface area contributed by atoms with Crippen LogP contribution in [0.25, 0.3) is 0 Å². The quantitative estimate of drug-likeness (QED) is 0.699. The van der Waals surface area contributed by atoms with E-state index < -0.39 is 0 Å². The molecule has 2 aliphatic carbocycles. The van der Waals surface area contributed by atoms with E-state index in [1.54, 1.807) is 0 Å². The van der Waals surface area contributed by atoms with Crippen molar-refractivity contribution in [2.75, 3.05) is 0 Å². The number of hydrogen-bond acceptors (Lipinski definition) is 1. The summed E-state index contributed by atoms with van der Waals surface area (Å²) in [6.45, 7) is 4.55. The molecule has 1 nitrogen and oxygen atoms in total. The van der Waals surface area contributed by atoms with Crippen LogP contribution in [0.1, 0.15) is 65.2 Å². The molecule has 2 atom stereocenters. The van der Waals surface area contributed by atoms with Crippen LogP contribution in [0.3, 0.4) is 0 Å². The topological polar surface area (TPSA) is 17.1 Å². The lowest BCUT2D eigenvalue weighted by molar-refractivity contribution is -0.129. The third-order valence-corrected chi connectivity index (χ3v) is 5.05. The Morgan fingerprint density at radius 1 is 1.06 bits per heavy atom. The van der Waals surface area contributed by atoms with Crippen LogP contribution in [0.5, 0.6) is 0 Å². The Hall–Kier alpha value is -0.330. The Kier molecular flexibility index (Phi) is 4.05. The van der Waals surface area contributed by atoms with Gasteiger partial charge in [0.15, 0.2) is 0 Å². The molecule has 0 bridgehead atoms. The lowest BCUT2D eigenvalue weighted by atomic mass is 9.75. The summed E-state index contributed by atoms with van der Waals surface area (Å²) in [6, 6.07) is 0. The summed E-state index contributed by atoms with van der Waals surface area (Å²) in [5, 5.41) is 0. The van der Waals surface area contributed by atoms with Crippen LogP contribution in [0.4, 0.5) is 0 Å². The zero-order valence-corrected chi connectivity index (χ0v) is 10.9. The van der Waals surface area contributed by atoms with E-state index in [1.807, 2.05) is 0 Å². The van der Waals surface area contributed by atoms with Gasteiger partial charge in [-0.2, -0.15) is 0 Å². The van der Waals surface area contributed by atoms with Crippen LogP contribution in [0, 0.1) is 23.7 Å². The molecule has 2 rings (SSSR count). The highest BCUT2D eigenvalue weighted by atomic mass is 16.1. The van der Waals surface area contributed by atoms with Crippen LogP contribution >= 0.6 is 0 Å². The highest BCUT2D eigenvalue weighted by Crippen LogP contribution is 2.38. The average Bonchev–Trinajstić information content (AvgIpc) is 2.75. The summed E-state index contributed by atoms with van der Waals surface area (Å²) in [5.74, 6) is 3.04. The van der Waals surface area contributed by atoms with Crippen molar-refractivity contribution in [3.63, 3.8) is 0 Å². The third kappa shape index (κ3) is 2.49. The maximum atomic E-state index is 12.4. The molecule has 0 aromatic heterocycles. The third-order valence-electron chi connectivity index (χ3n) is 5.05. The Morgan fingerprint density at radius 2 is 1.75 bits per heavy atom. The molecule has 0 aliphatic heterocycles. The number of carbonyl (C=O) groups is 1. The molecule has 0 aromatic rings. The molecule has 2 fully saturated rings. The fraction of sp³-hybridized carbons (Fsp3) is 0.933. The molecule has 0 N–H and O–H groups in total. The summed E-state index contributed by atoms with van der Waals surface area (Å²) in [7, 11) is 0. The van der Waals surface area contributed by atoms with Gasteiger partial charge >= 0.3 is 0 Å². The van der Waals surface area contributed by atoms with Gasteiger partial charge in [0, 0.05) is 11.8 Å². The zero-order valence-electron chi connectivity index (χ0n) is 10.9. The second-order valence-electron chi connectivity index (χ2n) is 6.04. The van der Waals surface area contributed by atoms with E-state index in [9.17, 15) is 4.79 Å². The lowest BCUT2D eigenvalue weighted by Gasteiger charge is -2.29. The van der Waals surface area contributed by atoms with Gasteiger partial charge in [0.05, 0.1) is 0 Å². The molecule has 2 saturated carbocycles. The SMILES string of the molecule is CCC1CCC(C(=O)C2CCCC2C)CC1. The van der Waals surface area contributed by atoms with Crippen molar-refractivity contribution in [3.05, 3.63) is 0 Å². The number of hydrogen-bond donors (Lipinski definition) is 0. The first-order valence-corrected chi connectivity index (χ1v) is 7.26. The van der Waals surface area contributed by atoms with Crippen LogP contribution < -0.4 is 0 Å². The van der Waals surface area contributed by atoms with Gasteiger partial charge in [0.25, 0.3) is 0 Å². The van der Waals surface area contributed by atoms with Crippen molar-refractivity contribution in [1.82, 2.24) is 0 Å². The minimum absolute atomic E-state index is 0.420. The van der Waals surface area contributed by atoms with E-state index in [4.69, 9.17) is 0 Å². The molecule has 1 heteroatoms. The van der Waals surface area contributed by atoms with Gasteiger partial charge in [-0.1, -0.05) is 26.7 Å². The van der Waals surface area contributed by atoms with E-state index in [2.05, 4.69) is 13.8 Å². The van der Waals surface area contributed by atoms with Crippen molar-refractivity contribution < 1.29 is 4.79 Å². The molecule has 92 valence electrons. The summed E-state index contributed by atoms with van der Waals surface area (Å²) in [4.78, 5) is 12.4. The van der Waals surface area contributed by atoms with Crippen LogP contribution in [0.2, 0.25) is 0 Å². The summed E-state index contributed by atoms with van der Waals surface area (Å²) < 4.78 is 0. The zero-order chi connectivity index (χ0) is 11.5. The minimum atomic E-state index is 0.420. The van der Waals surface area contributed by atoms with E-state index in [1.165, 1.54) is 51.4 Å². The van der Waals surface area contributed by atoms with Gasteiger partial charge in [-0.15, -0.1) is 0 Å². The highest BCUT2D eigenvalue weighted by molar-refractivity contribution is 5.84. The molecule has 16 heavy (non-hydrogen) atoms. The first-order valence-electron chi connectivity index (χ1n) is 7.26. The van der Waals surface area contributed by atoms with Crippen LogP contribution in [0.15, 0.2) is 0 Å². The predicted molar refractivity (Wildman–Crippen MR) is 67.3 cm³/mol. The second-order valence-corrected chi connectivity index (χ2v) is 6.04. The number of rotatable bonds is 3. The molecule has 0 radical (unpaired) electrons. The fourth-order valence-electron chi connectivity index (χ4n) is 3.73. The summed E-state index contributed by atoms with van der Waals surface area (Å²) in [6.07, 6.45) is 10.0. The molecule has 2 unspecified atom stereocenters. The van der Waals surface area contributed by atoms with E-state index in [0.29, 0.717) is 23.5 Å². The number of carbonyl (C=O) groups excluding carboxylic acids is 1. The van der Waals surface area contributed by atoms with Crippen molar-refractivity contribution in [3.8, 4) is 0 Å². The van der Waals surface area contributed by atoms with E-state index in [-0.39, 0.29) is 0 Å². The van der Waals surface area contributed by atoms with Gasteiger partial charge in [-0.3, -0.25) is 4.79 Å². The Bertz CT molecular complexity index is 238. The Balaban J connectivity index is 1.86. The fourth-order valence-corrected chi connectivity index (χ4v) is 3.73. The van der Waals surface area contributed by atoms with Crippen molar-refractivity contribution in [2.24, 2.45) is 23.7 Å². The summed E-state index contributed by atoms with van der Waals surface area (Å²) >= 11 is 0. The first-order chi connectivity index (χ1) is 7.72. The molecule has 2 aliphatic rings. The van der Waals surface area contributed by atoms with Crippen molar-refractivity contribution in [2.45, 2.75) is 65.2 Å². The largest absolute Gasteiger partial charge is 0.299 e. The van der Waals surface area contributed by atoms with E-state index >= 15 is 0 Å². The van der Waals surface area contributed by atoms with Gasteiger partial charge < -0.3 is 0 Å². The van der Waals surface area contributed by atoms with Gasteiger partial charge in [0.1, 0.15) is 5.78 Å². The molecule has 0 saturated heterocycles. The predicted octanol–water partition coefficient (Wildman–Crippen LogP) is 4.21. The molecule has 0 aromatic carbocycles. The van der Waals surface area contributed by atoms with Crippen molar-refractivity contribution >= 4 is 5.78 Å². The smallest absolute Gasteiger partial charge is 0.139 e. The summed E-state index contributed by atoms with van der Waals surface area (Å²) in [5.41, 5.74) is 0. The molecular formula is C15H26O. The molecular weight excluding hydrogens is 196 g/mol. The lowest BCUT2D eigenvalue weighted by Crippen LogP contribution is -2.28. The van der Waals surface area contributed by atoms with Gasteiger partial charge in [-0.25, -0.2) is 0 Å². The van der Waals surface area contributed by atoms with Crippen molar-refractivity contribution in [1.29, 1.82) is 0 Å². The monoisotopic (exact) mass is 222 g/mol. The molecule has 0 heterocycles. The molecule has 0 amide bonds. The normalized spacial score (nSPS) is 39.9. The Morgan fingerprint density at radius 3 is 2.25 bits per heavy atom.